The molecular formula is C15H18FN5O4. The van der Waals surface area contributed by atoms with Gasteiger partial charge in [0.05, 0.1) is 12.9 Å². The standard InChI is InChI=1S/C15H18FN5O4/c1-7(2)3-4-15(16)10(23)8(5-22)25-13(15)21-6-18-9-11(21)19-14(17)20-12(9)24/h4,6,8,10,13,22-23H,5H2,1-2H3,(H3,17,19,20,24)/t8-,10-,13-,15-/m1/s1. The van der Waals surface area contributed by atoms with Crippen molar-refractivity contribution in [3.05, 3.63) is 34.1 Å². The van der Waals surface area contributed by atoms with Gasteiger partial charge < -0.3 is 20.7 Å². The minimum atomic E-state index is -2.42. The van der Waals surface area contributed by atoms with Crippen LogP contribution in [0.5, 0.6) is 0 Å². The highest BCUT2D eigenvalue weighted by Gasteiger charge is 2.57. The predicted molar refractivity (Wildman–Crippen MR) is 86.3 cm³/mol. The van der Waals surface area contributed by atoms with Crippen molar-refractivity contribution in [2.75, 3.05) is 12.3 Å². The van der Waals surface area contributed by atoms with Gasteiger partial charge >= 0.3 is 0 Å². The predicted octanol–water partition coefficient (Wildman–Crippen LogP) is -0.218. The Morgan fingerprint density at radius 2 is 2.36 bits per heavy atom. The number of nitrogens with zero attached hydrogens (tertiary/aromatic N) is 3. The molecule has 3 heterocycles. The first kappa shape index (κ1) is 17.3. The van der Waals surface area contributed by atoms with Crippen LogP contribution in [-0.2, 0) is 4.74 Å². The Morgan fingerprint density at radius 1 is 1.64 bits per heavy atom. The van der Waals surface area contributed by atoms with E-state index in [-0.39, 0.29) is 17.1 Å². The number of ether oxygens (including phenoxy) is 1. The molecule has 3 rings (SSSR count). The first-order valence-electron chi connectivity index (χ1n) is 7.54. The molecule has 25 heavy (non-hydrogen) atoms. The molecule has 134 valence electrons. The second-order valence-corrected chi connectivity index (χ2v) is 6.05. The summed E-state index contributed by atoms with van der Waals surface area (Å²) >= 11 is 0. The Labute approximate surface area is 141 Å². The Bertz CT molecular complexity index is 928. The molecule has 0 bridgehead atoms. The first-order chi connectivity index (χ1) is 11.8. The molecule has 1 aliphatic heterocycles. The number of halogens is 1. The molecule has 0 amide bonds. The summed E-state index contributed by atoms with van der Waals surface area (Å²) in [6.45, 7) is 2.85. The number of hydrogen-bond acceptors (Lipinski definition) is 7. The van der Waals surface area contributed by atoms with Crippen molar-refractivity contribution in [2.45, 2.75) is 38.0 Å². The second kappa shape index (κ2) is 6.08. The van der Waals surface area contributed by atoms with E-state index < -0.39 is 36.3 Å². The maximum absolute atomic E-state index is 15.6. The summed E-state index contributed by atoms with van der Waals surface area (Å²) in [4.78, 5) is 22.1. The quantitative estimate of drug-likeness (QED) is 0.561. The van der Waals surface area contributed by atoms with E-state index in [9.17, 15) is 15.0 Å². The van der Waals surface area contributed by atoms with E-state index in [4.69, 9.17) is 10.5 Å². The third-order valence-electron chi connectivity index (χ3n) is 3.95. The van der Waals surface area contributed by atoms with E-state index in [1.807, 2.05) is 0 Å². The van der Waals surface area contributed by atoms with Crippen molar-refractivity contribution >= 4 is 17.1 Å². The molecule has 2 aromatic rings. The Morgan fingerprint density at radius 3 is 3.00 bits per heavy atom. The van der Waals surface area contributed by atoms with Gasteiger partial charge in [-0.05, 0) is 19.4 Å². The number of anilines is 1. The maximum Gasteiger partial charge on any atom is 0.280 e. The van der Waals surface area contributed by atoms with Crippen LogP contribution in [0.4, 0.5) is 10.3 Å². The van der Waals surface area contributed by atoms with E-state index in [0.29, 0.717) is 5.57 Å². The summed E-state index contributed by atoms with van der Waals surface area (Å²) in [5.74, 6) is -0.166. The number of nitrogens with one attached hydrogen (secondary N) is 1. The molecule has 2 aromatic heterocycles. The number of nitrogen functional groups attached to an aromatic ring is 1. The lowest BCUT2D eigenvalue weighted by Gasteiger charge is -2.25. The van der Waals surface area contributed by atoms with Gasteiger partial charge in [-0.1, -0.05) is 0 Å². The van der Waals surface area contributed by atoms with Crippen molar-refractivity contribution in [2.24, 2.45) is 0 Å². The molecule has 9 nitrogen and oxygen atoms in total. The molecule has 0 spiro atoms. The van der Waals surface area contributed by atoms with Crippen LogP contribution < -0.4 is 11.3 Å². The summed E-state index contributed by atoms with van der Waals surface area (Å²) in [6, 6.07) is 0. The van der Waals surface area contributed by atoms with Gasteiger partial charge in [0.15, 0.2) is 17.4 Å². The molecule has 0 unspecified atom stereocenters. The van der Waals surface area contributed by atoms with Crippen molar-refractivity contribution in [1.29, 1.82) is 0 Å². The van der Waals surface area contributed by atoms with Crippen molar-refractivity contribution in [1.82, 2.24) is 19.5 Å². The third kappa shape index (κ3) is 2.75. The lowest BCUT2D eigenvalue weighted by atomic mass is 9.95. The van der Waals surface area contributed by atoms with Gasteiger partial charge in [-0.3, -0.25) is 14.3 Å². The monoisotopic (exact) mass is 351 g/mol. The van der Waals surface area contributed by atoms with Gasteiger partial charge in [-0.15, -0.1) is 5.73 Å². The number of alkyl halides is 1. The largest absolute Gasteiger partial charge is 0.394 e. The number of H-pyrrole nitrogens is 1. The summed E-state index contributed by atoms with van der Waals surface area (Å²) in [5, 5.41) is 19.6. The second-order valence-electron chi connectivity index (χ2n) is 6.05. The number of hydrogen-bond donors (Lipinski definition) is 4. The van der Waals surface area contributed by atoms with Crippen molar-refractivity contribution < 1.29 is 19.3 Å². The van der Waals surface area contributed by atoms with Gasteiger partial charge in [-0.25, -0.2) is 9.37 Å². The van der Waals surface area contributed by atoms with E-state index in [1.54, 1.807) is 13.8 Å². The number of aliphatic hydroxyl groups excluding tert-OH is 2. The first-order valence-corrected chi connectivity index (χ1v) is 7.54. The molecule has 0 aliphatic carbocycles. The molecule has 1 saturated heterocycles. The number of imidazole rings is 1. The Kier molecular flexibility index (Phi) is 4.21. The maximum atomic E-state index is 15.6. The average Bonchev–Trinajstić information content (AvgIpc) is 3.06. The molecule has 5 N–H and O–H groups in total. The van der Waals surface area contributed by atoms with E-state index in [2.05, 4.69) is 20.7 Å². The van der Waals surface area contributed by atoms with Crippen LogP contribution in [0.25, 0.3) is 11.2 Å². The smallest absolute Gasteiger partial charge is 0.280 e. The normalized spacial score (nSPS) is 28.9. The van der Waals surface area contributed by atoms with E-state index >= 15 is 4.39 Å². The van der Waals surface area contributed by atoms with Crippen LogP contribution in [0.2, 0.25) is 0 Å². The molecule has 1 aliphatic rings. The summed E-state index contributed by atoms with van der Waals surface area (Å²) < 4.78 is 22.3. The molecule has 0 radical (unpaired) electrons. The highest BCUT2D eigenvalue weighted by Crippen LogP contribution is 2.43. The lowest BCUT2D eigenvalue weighted by molar-refractivity contribution is -0.0515. The zero-order chi connectivity index (χ0) is 18.4. The molecule has 0 aromatic carbocycles. The van der Waals surface area contributed by atoms with Crippen LogP contribution in [0.1, 0.15) is 20.1 Å². The molecule has 4 atom stereocenters. The van der Waals surface area contributed by atoms with Crippen LogP contribution in [0.3, 0.4) is 0 Å². The van der Waals surface area contributed by atoms with Gasteiger partial charge in [-0.2, -0.15) is 4.98 Å². The topological polar surface area (TPSA) is 139 Å². The minimum absolute atomic E-state index is 0.00432. The number of nitrogens with two attached hydrogens (primary N) is 1. The lowest BCUT2D eigenvalue weighted by Crippen LogP contribution is -2.41. The number of rotatable bonds is 3. The minimum Gasteiger partial charge on any atom is -0.394 e. The fourth-order valence-electron chi connectivity index (χ4n) is 2.72. The third-order valence-corrected chi connectivity index (χ3v) is 3.95. The van der Waals surface area contributed by atoms with Gasteiger partial charge in [0.2, 0.25) is 11.6 Å². The fraction of sp³-hybridized carbons (Fsp3) is 0.467. The Hall–Kier alpha value is -2.52. The van der Waals surface area contributed by atoms with Gasteiger partial charge in [0, 0.05) is 6.08 Å². The van der Waals surface area contributed by atoms with Crippen LogP contribution in [0.15, 0.2) is 28.5 Å². The van der Waals surface area contributed by atoms with Gasteiger partial charge in [0.25, 0.3) is 5.56 Å². The fourth-order valence-corrected chi connectivity index (χ4v) is 2.72. The van der Waals surface area contributed by atoms with Crippen molar-refractivity contribution in [3.63, 3.8) is 0 Å². The van der Waals surface area contributed by atoms with E-state index in [1.165, 1.54) is 10.9 Å². The molecule has 0 saturated carbocycles. The Balaban J connectivity index is 2.20. The average molecular weight is 351 g/mol. The van der Waals surface area contributed by atoms with Crippen LogP contribution in [0, 0.1) is 0 Å². The SMILES string of the molecule is CC(C)=C=C[C@@]1(F)[C@H](O)[C@@H](CO)O[C@H]1n1cnc2c(=O)[nH]c(N)nc21. The van der Waals surface area contributed by atoms with Gasteiger partial charge in [0.1, 0.15) is 12.2 Å². The summed E-state index contributed by atoms with van der Waals surface area (Å²) in [6.07, 6.45) is -2.00. The zero-order valence-electron chi connectivity index (χ0n) is 13.6. The summed E-state index contributed by atoms with van der Waals surface area (Å²) in [5.41, 5.74) is 5.90. The van der Waals surface area contributed by atoms with Crippen LogP contribution >= 0.6 is 0 Å². The molecule has 1 fully saturated rings. The van der Waals surface area contributed by atoms with Crippen LogP contribution in [-0.4, -0.2) is 54.2 Å². The number of aliphatic hydroxyl groups is 2. The number of aromatic amines is 1. The number of aromatic nitrogens is 4. The molecule has 10 heteroatoms. The van der Waals surface area contributed by atoms with Crippen molar-refractivity contribution in [3.8, 4) is 0 Å². The highest BCUT2D eigenvalue weighted by molar-refractivity contribution is 5.70. The zero-order valence-corrected chi connectivity index (χ0v) is 13.6. The molecular weight excluding hydrogens is 333 g/mol. The highest BCUT2D eigenvalue weighted by atomic mass is 19.1. The van der Waals surface area contributed by atoms with E-state index in [0.717, 1.165) is 6.08 Å². The number of fused-ring (bicyclic) bond motifs is 1. The summed E-state index contributed by atoms with van der Waals surface area (Å²) in [7, 11) is 0.